The van der Waals surface area contributed by atoms with Crippen molar-refractivity contribution in [1.82, 2.24) is 24.8 Å². The van der Waals surface area contributed by atoms with Crippen molar-refractivity contribution in [2.75, 3.05) is 31.1 Å². The van der Waals surface area contributed by atoms with Crippen molar-refractivity contribution in [3.63, 3.8) is 0 Å². The third-order valence-electron chi connectivity index (χ3n) is 13.0. The molecule has 6 aromatic carbocycles. The Labute approximate surface area is 364 Å². The van der Waals surface area contributed by atoms with Gasteiger partial charge in [0, 0.05) is 58.2 Å². The molecule has 1 aliphatic carbocycles. The van der Waals surface area contributed by atoms with Crippen LogP contribution in [0, 0.1) is 0 Å². The van der Waals surface area contributed by atoms with Crippen LogP contribution in [0.15, 0.2) is 152 Å². The number of benzene rings is 6. The lowest BCUT2D eigenvalue weighted by Gasteiger charge is -2.34. The molecular weight excluding hydrogens is 757 g/mol. The lowest BCUT2D eigenvalue weighted by Crippen LogP contribution is -2.43. The van der Waals surface area contributed by atoms with Crippen LogP contribution in [-0.4, -0.2) is 57.1 Å². The van der Waals surface area contributed by atoms with E-state index in [1.807, 2.05) is 0 Å². The fraction of sp³-hybridized carbons (Fsp3) is 0.214. The zero-order valence-corrected chi connectivity index (χ0v) is 35.1. The highest BCUT2D eigenvalue weighted by atomic mass is 15.2. The zero-order valence-electron chi connectivity index (χ0n) is 35.1. The van der Waals surface area contributed by atoms with E-state index in [1.54, 1.807) is 0 Å². The average Bonchev–Trinajstić information content (AvgIpc) is 3.36. The second-order valence-electron chi connectivity index (χ2n) is 17.0. The Kier molecular flexibility index (Phi) is 10.4. The van der Waals surface area contributed by atoms with Gasteiger partial charge < -0.3 is 4.90 Å². The van der Waals surface area contributed by atoms with Crippen LogP contribution in [0.25, 0.3) is 90.7 Å². The maximum atomic E-state index is 5.52. The van der Waals surface area contributed by atoms with E-state index in [0.717, 1.165) is 100 Å². The van der Waals surface area contributed by atoms with Gasteiger partial charge >= 0.3 is 0 Å². The molecule has 2 aromatic heterocycles. The molecule has 1 atom stereocenters. The van der Waals surface area contributed by atoms with Crippen molar-refractivity contribution in [2.45, 2.75) is 51.0 Å². The number of likely N-dealkylation sites (tertiary alicyclic amines) is 1. The molecule has 0 bridgehead atoms. The zero-order chi connectivity index (χ0) is 41.2. The first-order valence-corrected chi connectivity index (χ1v) is 22.5. The number of aromatic nitrogens is 4. The van der Waals surface area contributed by atoms with Crippen LogP contribution in [0.4, 0.5) is 5.69 Å². The van der Waals surface area contributed by atoms with Crippen molar-refractivity contribution in [1.29, 1.82) is 0 Å². The maximum Gasteiger partial charge on any atom is 0.160 e. The Hall–Kier alpha value is -6.76. The number of hydrogen-bond acceptors (Lipinski definition) is 6. The molecule has 0 radical (unpaired) electrons. The molecule has 1 unspecified atom stereocenters. The largest absolute Gasteiger partial charge is 0.372 e. The van der Waals surface area contributed by atoms with Crippen molar-refractivity contribution in [2.24, 2.45) is 0 Å². The van der Waals surface area contributed by atoms with Gasteiger partial charge in [-0.15, -0.1) is 0 Å². The second-order valence-corrected chi connectivity index (χ2v) is 17.0. The van der Waals surface area contributed by atoms with Gasteiger partial charge in [-0.2, -0.15) is 0 Å². The van der Waals surface area contributed by atoms with Gasteiger partial charge in [0.05, 0.1) is 22.8 Å². The van der Waals surface area contributed by atoms with Gasteiger partial charge in [-0.25, -0.2) is 19.9 Å². The van der Waals surface area contributed by atoms with Gasteiger partial charge in [0.15, 0.2) is 11.6 Å². The summed E-state index contributed by atoms with van der Waals surface area (Å²) >= 11 is 0. The smallest absolute Gasteiger partial charge is 0.160 e. The predicted molar refractivity (Wildman–Crippen MR) is 256 cm³/mol. The Bertz CT molecular complexity index is 2880. The Morgan fingerprint density at radius 2 is 0.871 bits per heavy atom. The lowest BCUT2D eigenvalue weighted by atomic mass is 9.86. The van der Waals surface area contributed by atoms with E-state index < -0.39 is 0 Å². The highest BCUT2D eigenvalue weighted by Crippen LogP contribution is 2.38. The fourth-order valence-electron chi connectivity index (χ4n) is 9.90. The summed E-state index contributed by atoms with van der Waals surface area (Å²) in [5.41, 5.74) is 11.4. The molecule has 0 saturated carbocycles. The number of hydrogen-bond donors (Lipinski definition) is 0. The Balaban J connectivity index is 1.25. The second kappa shape index (κ2) is 16.9. The summed E-state index contributed by atoms with van der Waals surface area (Å²) in [7, 11) is 0. The first-order chi connectivity index (χ1) is 30.7. The van der Waals surface area contributed by atoms with Gasteiger partial charge in [0.2, 0.25) is 0 Å². The molecule has 6 heteroatoms. The summed E-state index contributed by atoms with van der Waals surface area (Å²) in [6, 6.07) is 53.9. The molecule has 4 heterocycles. The minimum absolute atomic E-state index is 0.286. The fourth-order valence-corrected chi connectivity index (χ4v) is 9.90. The van der Waals surface area contributed by atoms with E-state index in [9.17, 15) is 0 Å². The summed E-state index contributed by atoms with van der Waals surface area (Å²) in [6.45, 7) is 4.37. The van der Waals surface area contributed by atoms with Crippen LogP contribution in [0.2, 0.25) is 0 Å². The van der Waals surface area contributed by atoms with Gasteiger partial charge in [-0.05, 0) is 97.1 Å². The van der Waals surface area contributed by atoms with Crippen molar-refractivity contribution in [3.05, 3.63) is 162 Å². The number of anilines is 1. The molecule has 2 fully saturated rings. The van der Waals surface area contributed by atoms with Crippen LogP contribution in [0.1, 0.15) is 44.9 Å². The van der Waals surface area contributed by atoms with Gasteiger partial charge in [-0.1, -0.05) is 146 Å². The number of piperidine rings is 2. The quantitative estimate of drug-likeness (QED) is 0.152. The highest BCUT2D eigenvalue weighted by Gasteiger charge is 2.26. The third kappa shape index (κ3) is 7.49. The summed E-state index contributed by atoms with van der Waals surface area (Å²) in [6.07, 6.45) is 13.5. The minimum atomic E-state index is 0.286. The van der Waals surface area contributed by atoms with Crippen LogP contribution in [0.3, 0.4) is 0 Å². The molecule has 2 aliphatic heterocycles. The molecule has 8 aromatic rings. The van der Waals surface area contributed by atoms with E-state index in [1.165, 1.54) is 65.4 Å². The maximum absolute atomic E-state index is 5.52. The first kappa shape index (κ1) is 38.2. The Morgan fingerprint density at radius 3 is 1.40 bits per heavy atom. The summed E-state index contributed by atoms with van der Waals surface area (Å²) in [5, 5.41) is 4.79. The molecule has 0 spiro atoms. The SMILES string of the molecule is C1=c2c(-c3cc(-c4ccccc4)nc(-c4ccccc4)n3)c3ccc(N4CCCCC4)cc3c(-c3cc(-c4ccccc4)nc(-c4ccccc4)n3)c2=CCC1N1CCCCC1. The molecule has 304 valence electrons. The van der Waals surface area contributed by atoms with E-state index in [4.69, 9.17) is 19.9 Å². The number of rotatable bonds is 8. The highest BCUT2D eigenvalue weighted by molar-refractivity contribution is 6.07. The molecule has 11 rings (SSSR count). The Morgan fingerprint density at radius 1 is 0.403 bits per heavy atom. The summed E-state index contributed by atoms with van der Waals surface area (Å²) < 4.78 is 0. The van der Waals surface area contributed by atoms with E-state index in [0.29, 0.717) is 0 Å². The van der Waals surface area contributed by atoms with Crippen LogP contribution >= 0.6 is 0 Å². The van der Waals surface area contributed by atoms with Crippen molar-refractivity contribution >= 4 is 28.6 Å². The normalized spacial score (nSPS) is 16.6. The number of nitrogens with zero attached hydrogens (tertiary/aromatic N) is 6. The van der Waals surface area contributed by atoms with E-state index >= 15 is 0 Å². The molecular formula is C56H50N6. The van der Waals surface area contributed by atoms with Gasteiger partial charge in [-0.3, -0.25) is 4.90 Å². The van der Waals surface area contributed by atoms with E-state index in [2.05, 4.69) is 174 Å². The number of fused-ring (bicyclic) bond motifs is 2. The monoisotopic (exact) mass is 806 g/mol. The van der Waals surface area contributed by atoms with Crippen LogP contribution in [0.5, 0.6) is 0 Å². The molecule has 0 amide bonds. The van der Waals surface area contributed by atoms with Crippen molar-refractivity contribution < 1.29 is 0 Å². The molecule has 62 heavy (non-hydrogen) atoms. The van der Waals surface area contributed by atoms with Crippen LogP contribution < -0.4 is 15.3 Å². The predicted octanol–water partition coefficient (Wildman–Crippen LogP) is 11.2. The molecule has 3 aliphatic rings. The molecule has 0 N–H and O–H groups in total. The molecule has 2 saturated heterocycles. The topological polar surface area (TPSA) is 58.0 Å². The van der Waals surface area contributed by atoms with E-state index in [-0.39, 0.29) is 6.04 Å². The standard InChI is InChI=1S/C56H50N6/c1-7-19-39(20-8-1)49-37-51(59-55(57-49)41-23-11-3-12-24-41)53-45-29-27-44(62-33-17-6-18-34-62)36-48(45)54(46-30-28-43(35-47(46)53)61-31-15-5-16-32-61)52-38-50(40-21-9-2-10-22-40)58-56(60-52)42-25-13-4-14-26-42/h1-4,7-14,19-27,29-30,35-38,43H,5-6,15-18,28,31-34H2. The minimum Gasteiger partial charge on any atom is -0.372 e. The third-order valence-corrected chi connectivity index (χ3v) is 13.0. The van der Waals surface area contributed by atoms with Crippen molar-refractivity contribution in [3.8, 4) is 67.8 Å². The van der Waals surface area contributed by atoms with Gasteiger partial charge in [0.25, 0.3) is 0 Å². The summed E-state index contributed by atoms with van der Waals surface area (Å²) in [4.78, 5) is 26.8. The first-order valence-electron chi connectivity index (χ1n) is 22.5. The van der Waals surface area contributed by atoms with Gasteiger partial charge in [0.1, 0.15) is 0 Å². The lowest BCUT2D eigenvalue weighted by molar-refractivity contribution is 0.201. The molecule has 6 nitrogen and oxygen atoms in total. The van der Waals surface area contributed by atoms with Crippen LogP contribution in [-0.2, 0) is 0 Å². The average molecular weight is 807 g/mol. The summed E-state index contributed by atoms with van der Waals surface area (Å²) in [5.74, 6) is 1.45.